The highest BCUT2D eigenvalue weighted by Crippen LogP contribution is 2.20. The van der Waals surface area contributed by atoms with Crippen LogP contribution in [0.4, 0.5) is 5.82 Å². The van der Waals surface area contributed by atoms with Crippen LogP contribution < -0.4 is 4.72 Å². The Balaban J connectivity index is 2.93. The normalized spacial score (nSPS) is 11.7. The number of aromatic nitrogens is 1. The first-order valence-corrected chi connectivity index (χ1v) is 6.37. The average Bonchev–Trinajstić information content (AvgIpc) is 2.22. The van der Waals surface area contributed by atoms with Crippen molar-refractivity contribution < 1.29 is 13.5 Å². The molecule has 0 aromatic carbocycles. The quantitative estimate of drug-likeness (QED) is 0.803. The average molecular weight is 245 g/mol. The van der Waals surface area contributed by atoms with Gasteiger partial charge in [0.15, 0.2) is 11.6 Å². The molecule has 1 rings (SSSR count). The van der Waals surface area contributed by atoms with Gasteiger partial charge in [-0.25, -0.2) is 4.98 Å². The van der Waals surface area contributed by atoms with Gasteiger partial charge in [0.05, 0.1) is 0 Å². The van der Waals surface area contributed by atoms with Crippen molar-refractivity contribution in [2.45, 2.75) is 13.8 Å². The number of rotatable bonds is 5. The van der Waals surface area contributed by atoms with Crippen LogP contribution in [0.2, 0.25) is 0 Å². The van der Waals surface area contributed by atoms with Crippen LogP contribution in [0, 0.1) is 0 Å². The summed E-state index contributed by atoms with van der Waals surface area (Å²) in [5.74, 6) is -0.257. The molecule has 0 spiro atoms. The predicted octanol–water partition coefficient (Wildman–Crippen LogP) is 0.786. The highest BCUT2D eigenvalue weighted by atomic mass is 32.2. The summed E-state index contributed by atoms with van der Waals surface area (Å²) in [5.41, 5.74) is 0. The van der Waals surface area contributed by atoms with Crippen LogP contribution >= 0.6 is 0 Å². The molecule has 0 aliphatic carbocycles. The van der Waals surface area contributed by atoms with E-state index in [1.165, 1.54) is 22.6 Å². The van der Waals surface area contributed by atoms with Crippen molar-refractivity contribution in [3.63, 3.8) is 0 Å². The van der Waals surface area contributed by atoms with Crippen LogP contribution in [0.3, 0.4) is 0 Å². The van der Waals surface area contributed by atoms with Crippen LogP contribution in [0.25, 0.3) is 0 Å². The monoisotopic (exact) mass is 245 g/mol. The molecule has 16 heavy (non-hydrogen) atoms. The third-order valence-electron chi connectivity index (χ3n) is 2.06. The number of hydrogen-bond donors (Lipinski definition) is 2. The van der Waals surface area contributed by atoms with E-state index in [1.54, 1.807) is 13.8 Å². The Morgan fingerprint density at radius 3 is 2.56 bits per heavy atom. The van der Waals surface area contributed by atoms with Crippen LogP contribution in [-0.4, -0.2) is 35.9 Å². The molecule has 1 aromatic heterocycles. The van der Waals surface area contributed by atoms with Gasteiger partial charge in [-0.05, 0) is 12.1 Å². The van der Waals surface area contributed by atoms with Crippen molar-refractivity contribution in [1.29, 1.82) is 0 Å². The van der Waals surface area contributed by atoms with Gasteiger partial charge in [0.1, 0.15) is 0 Å². The van der Waals surface area contributed by atoms with Gasteiger partial charge >= 0.3 is 10.2 Å². The molecule has 0 atom stereocenters. The van der Waals surface area contributed by atoms with Gasteiger partial charge in [0.2, 0.25) is 0 Å². The maximum Gasteiger partial charge on any atom is 0.302 e. The highest BCUT2D eigenvalue weighted by molar-refractivity contribution is 7.90. The lowest BCUT2D eigenvalue weighted by Gasteiger charge is -2.19. The maximum atomic E-state index is 11.8. The van der Waals surface area contributed by atoms with Gasteiger partial charge in [-0.1, -0.05) is 13.8 Å². The Kier molecular flexibility index (Phi) is 4.08. The third-order valence-corrected chi connectivity index (χ3v) is 3.70. The van der Waals surface area contributed by atoms with E-state index in [1.807, 2.05) is 0 Å². The molecule has 0 amide bonds. The van der Waals surface area contributed by atoms with E-state index < -0.39 is 10.2 Å². The minimum Gasteiger partial charge on any atom is -0.504 e. The van der Waals surface area contributed by atoms with Crippen LogP contribution in [-0.2, 0) is 10.2 Å². The van der Waals surface area contributed by atoms with E-state index in [4.69, 9.17) is 0 Å². The fourth-order valence-corrected chi connectivity index (χ4v) is 2.44. The van der Waals surface area contributed by atoms with Crippen LogP contribution in [0.1, 0.15) is 13.8 Å². The smallest absolute Gasteiger partial charge is 0.302 e. The Morgan fingerprint density at radius 2 is 2.06 bits per heavy atom. The summed E-state index contributed by atoms with van der Waals surface area (Å²) < 4.78 is 27.0. The third kappa shape index (κ3) is 2.83. The molecule has 1 aromatic rings. The molecule has 0 aliphatic heterocycles. The zero-order valence-corrected chi connectivity index (χ0v) is 10.0. The molecule has 0 aliphatic rings. The van der Waals surface area contributed by atoms with Gasteiger partial charge < -0.3 is 5.11 Å². The Bertz CT molecular complexity index is 443. The second-order valence-electron chi connectivity index (χ2n) is 3.06. The standard InChI is InChI=1S/C9H15N3O3S/c1-3-12(4-2)16(14,15)11-9-8(13)6-5-7-10-9/h5-7,13H,3-4H2,1-2H3,(H,10,11). The molecule has 0 saturated carbocycles. The molecule has 2 N–H and O–H groups in total. The summed E-state index contributed by atoms with van der Waals surface area (Å²) in [4.78, 5) is 3.75. The first-order valence-electron chi connectivity index (χ1n) is 4.93. The van der Waals surface area contributed by atoms with E-state index in [9.17, 15) is 13.5 Å². The molecule has 0 fully saturated rings. The van der Waals surface area contributed by atoms with Crippen LogP contribution in [0.5, 0.6) is 5.75 Å². The maximum absolute atomic E-state index is 11.8. The highest BCUT2D eigenvalue weighted by Gasteiger charge is 2.20. The number of anilines is 1. The van der Waals surface area contributed by atoms with Crippen molar-refractivity contribution in [2.24, 2.45) is 0 Å². The molecule has 0 unspecified atom stereocenters. The fraction of sp³-hybridized carbons (Fsp3) is 0.444. The minimum absolute atomic E-state index is 0.0607. The summed E-state index contributed by atoms with van der Waals surface area (Å²) in [7, 11) is -3.64. The lowest BCUT2D eigenvalue weighted by Crippen LogP contribution is -2.35. The zero-order valence-electron chi connectivity index (χ0n) is 9.21. The van der Waals surface area contributed by atoms with Crippen molar-refractivity contribution in [1.82, 2.24) is 9.29 Å². The minimum atomic E-state index is -3.64. The van der Waals surface area contributed by atoms with Gasteiger partial charge in [-0.2, -0.15) is 12.7 Å². The first-order chi connectivity index (χ1) is 7.51. The molecule has 1 heterocycles. The molecule has 6 nitrogen and oxygen atoms in total. The Hall–Kier alpha value is -1.34. The van der Waals surface area contributed by atoms with E-state index in [2.05, 4.69) is 9.71 Å². The number of nitrogens with zero attached hydrogens (tertiary/aromatic N) is 2. The molecule has 7 heteroatoms. The molecule has 0 bridgehead atoms. The summed E-state index contributed by atoms with van der Waals surface area (Å²) in [6, 6.07) is 2.89. The van der Waals surface area contributed by atoms with E-state index in [0.717, 1.165) is 0 Å². The van der Waals surface area contributed by atoms with Crippen molar-refractivity contribution >= 4 is 16.0 Å². The summed E-state index contributed by atoms with van der Waals surface area (Å²) in [6.45, 7) is 4.20. The second kappa shape index (κ2) is 5.13. The van der Waals surface area contributed by atoms with Gasteiger partial charge in [0.25, 0.3) is 0 Å². The number of aromatic hydroxyl groups is 1. The number of hydrogen-bond acceptors (Lipinski definition) is 4. The molecular formula is C9H15N3O3S. The van der Waals surface area contributed by atoms with Gasteiger partial charge in [-0.15, -0.1) is 0 Å². The molecule has 90 valence electrons. The van der Waals surface area contributed by atoms with E-state index in [-0.39, 0.29) is 11.6 Å². The number of pyridine rings is 1. The largest absolute Gasteiger partial charge is 0.504 e. The Morgan fingerprint density at radius 1 is 1.44 bits per heavy atom. The number of nitrogens with one attached hydrogen (secondary N) is 1. The first kappa shape index (κ1) is 12.7. The molecular weight excluding hydrogens is 230 g/mol. The van der Waals surface area contributed by atoms with Gasteiger partial charge in [0, 0.05) is 19.3 Å². The van der Waals surface area contributed by atoms with Crippen molar-refractivity contribution in [3.8, 4) is 5.75 Å². The lowest BCUT2D eigenvalue weighted by molar-refractivity contribution is 0.447. The zero-order chi connectivity index (χ0) is 12.2. The van der Waals surface area contributed by atoms with Crippen LogP contribution in [0.15, 0.2) is 18.3 Å². The van der Waals surface area contributed by atoms with E-state index >= 15 is 0 Å². The van der Waals surface area contributed by atoms with Gasteiger partial charge in [-0.3, -0.25) is 4.72 Å². The van der Waals surface area contributed by atoms with Crippen molar-refractivity contribution in [2.75, 3.05) is 17.8 Å². The van der Waals surface area contributed by atoms with E-state index in [0.29, 0.717) is 13.1 Å². The predicted molar refractivity (Wildman–Crippen MR) is 61.4 cm³/mol. The lowest BCUT2D eigenvalue weighted by atomic mass is 10.4. The Labute approximate surface area is 95.1 Å². The summed E-state index contributed by atoms with van der Waals surface area (Å²) >= 11 is 0. The topological polar surface area (TPSA) is 82.5 Å². The summed E-state index contributed by atoms with van der Waals surface area (Å²) in [6.07, 6.45) is 1.40. The second-order valence-corrected chi connectivity index (χ2v) is 4.73. The molecule has 0 radical (unpaired) electrons. The molecule has 0 saturated heterocycles. The van der Waals surface area contributed by atoms with Crippen molar-refractivity contribution in [3.05, 3.63) is 18.3 Å². The SMILES string of the molecule is CCN(CC)S(=O)(=O)Nc1ncccc1O. The fourth-order valence-electron chi connectivity index (χ4n) is 1.23. The summed E-state index contributed by atoms with van der Waals surface area (Å²) in [5, 5.41) is 9.39.